The standard InChI is InChI=1S/C48H61N5O12/c1-23(2)10-9-15-46(8)16-14-27-38(63-46)26(12-11-24(3)4)40-31(39(27)62-43-37(58)36(57)35(56)29(21-55)61-43)33-32-34(53-44(52-33)50-22-51-53)28-20-30-45(6,7)65-47(41(28)59,48(30,32)64-40)17-13-25(5)42(60)49-18-19-54/h10-11,13-14,16,22,28-30,32,34-37,43,54-58H,9,12,15,17-21H2,1-8H3,(H,49,60)/t28?,29-,30?,32?,34?,35-,36+,37-,43+,46?,47?,48?/m1/s1. The highest BCUT2D eigenvalue weighted by molar-refractivity contribution is 6.14. The van der Waals surface area contributed by atoms with Gasteiger partial charge in [-0.05, 0) is 93.2 Å². The third-order valence-electron chi connectivity index (χ3n) is 14.6. The van der Waals surface area contributed by atoms with E-state index < -0.39 is 89.4 Å². The van der Waals surface area contributed by atoms with Gasteiger partial charge >= 0.3 is 0 Å². The number of hydrogen-bond donors (Lipinski definition) is 6. The molecule has 2 saturated heterocycles. The van der Waals surface area contributed by atoms with Gasteiger partial charge in [-0.2, -0.15) is 10.1 Å². The fraction of sp³-hybridized carbons (Fsp3) is 0.604. The molecule has 17 heteroatoms. The van der Waals surface area contributed by atoms with Gasteiger partial charge in [-0.15, -0.1) is 0 Å². The number of carbonyl (C=O) groups is 2. The molecule has 3 aliphatic carbocycles. The Morgan fingerprint density at radius 3 is 2.46 bits per heavy atom. The quantitative estimate of drug-likeness (QED) is 0.125. The summed E-state index contributed by atoms with van der Waals surface area (Å²) in [6.07, 6.45) is 5.31. The van der Waals surface area contributed by atoms with Crippen LogP contribution in [0.1, 0.15) is 104 Å². The topological polar surface area (TPSA) is 237 Å². The van der Waals surface area contributed by atoms with Crippen LogP contribution in [0.4, 0.5) is 5.95 Å². The van der Waals surface area contributed by atoms with Crippen LogP contribution in [0, 0.1) is 17.8 Å². The molecule has 1 aromatic carbocycles. The summed E-state index contributed by atoms with van der Waals surface area (Å²) < 4.78 is 36.7. The average Bonchev–Trinajstić information content (AvgIpc) is 3.79. The molecule has 0 radical (unpaired) electrons. The molecule has 65 heavy (non-hydrogen) atoms. The summed E-state index contributed by atoms with van der Waals surface area (Å²) in [6.45, 7) is 14.8. The lowest BCUT2D eigenvalue weighted by atomic mass is 9.44. The molecule has 5 aliphatic heterocycles. The average molecular weight is 900 g/mol. The predicted octanol–water partition coefficient (Wildman–Crippen LogP) is 3.51. The number of hydrogen-bond acceptors (Lipinski definition) is 15. The summed E-state index contributed by atoms with van der Waals surface area (Å²) in [5.41, 5.74) is -0.260. The molecule has 350 valence electrons. The maximum atomic E-state index is 15.6. The van der Waals surface area contributed by atoms with Crippen LogP contribution in [-0.4, -0.2) is 131 Å². The number of aliphatic hydroxyl groups excluding tert-OH is 5. The number of amides is 1. The highest BCUT2D eigenvalue weighted by atomic mass is 16.7. The number of fused-ring (bicyclic) bond motifs is 4. The van der Waals surface area contributed by atoms with Gasteiger partial charge in [0.25, 0.3) is 0 Å². The number of benzene rings is 1. The number of ether oxygens (including phenoxy) is 5. The number of Topliss-reactive ketones (excluding diaryl/α,β-unsaturated/α-hetero) is 1. The summed E-state index contributed by atoms with van der Waals surface area (Å²) in [7, 11) is 0. The molecule has 1 aromatic heterocycles. The minimum absolute atomic E-state index is 0.0131. The van der Waals surface area contributed by atoms with Crippen molar-refractivity contribution in [3.05, 3.63) is 64.0 Å². The number of allylic oxidation sites excluding steroid dienone is 4. The normalized spacial score (nSPS) is 35.4. The molecular weight excluding hydrogens is 839 g/mol. The predicted molar refractivity (Wildman–Crippen MR) is 236 cm³/mol. The number of rotatable bonds is 13. The number of aromatic nitrogens is 3. The first kappa shape index (κ1) is 45.4. The van der Waals surface area contributed by atoms with Crippen molar-refractivity contribution in [3.8, 4) is 17.2 Å². The second-order valence-electron chi connectivity index (χ2n) is 19.9. The van der Waals surface area contributed by atoms with Crippen molar-refractivity contribution < 1.29 is 58.8 Å². The second kappa shape index (κ2) is 16.2. The number of nitrogens with one attached hydrogen (secondary N) is 1. The molecule has 7 unspecified atom stereocenters. The molecule has 8 aliphatic rings. The largest absolute Gasteiger partial charge is 0.482 e. The molecule has 10 rings (SSSR count). The van der Waals surface area contributed by atoms with Gasteiger partial charge in [-0.25, -0.2) is 9.67 Å². The lowest BCUT2D eigenvalue weighted by Gasteiger charge is -2.64. The highest BCUT2D eigenvalue weighted by Crippen LogP contribution is 2.73. The maximum Gasteiger partial charge on any atom is 0.248 e. The number of carbonyl (C=O) groups excluding carboxylic acids is 2. The van der Waals surface area contributed by atoms with Crippen molar-refractivity contribution in [2.24, 2.45) is 22.7 Å². The van der Waals surface area contributed by atoms with Gasteiger partial charge in [0.05, 0.1) is 47.6 Å². The third kappa shape index (κ3) is 6.86. The first-order valence-corrected chi connectivity index (χ1v) is 22.7. The Morgan fingerprint density at radius 2 is 1.75 bits per heavy atom. The number of ketones is 1. The Morgan fingerprint density at radius 1 is 1.00 bits per heavy atom. The van der Waals surface area contributed by atoms with E-state index in [4.69, 9.17) is 28.7 Å². The first-order chi connectivity index (χ1) is 30.8. The number of aliphatic imine (C=N–C) groups is 1. The smallest absolute Gasteiger partial charge is 0.248 e. The number of nitrogens with zero attached hydrogens (tertiary/aromatic N) is 4. The molecule has 17 nitrogen and oxygen atoms in total. The summed E-state index contributed by atoms with van der Waals surface area (Å²) in [5.74, 6) is -1.15. The number of aliphatic hydroxyl groups is 5. The van der Waals surface area contributed by atoms with Gasteiger partial charge in [0, 0.05) is 35.9 Å². The Hall–Kier alpha value is -4.75. The van der Waals surface area contributed by atoms with Crippen molar-refractivity contribution in [2.75, 3.05) is 19.8 Å². The third-order valence-corrected chi connectivity index (χ3v) is 14.6. The highest BCUT2D eigenvalue weighted by Gasteiger charge is 2.86. The zero-order valence-corrected chi connectivity index (χ0v) is 38.2. The zero-order valence-electron chi connectivity index (χ0n) is 38.2. The van der Waals surface area contributed by atoms with Crippen LogP contribution in [-0.2, 0) is 25.5 Å². The molecule has 3 saturated carbocycles. The van der Waals surface area contributed by atoms with E-state index in [-0.39, 0.29) is 37.1 Å². The molecular formula is C48H61N5O12. The van der Waals surface area contributed by atoms with Crippen molar-refractivity contribution in [2.45, 2.75) is 147 Å². The monoisotopic (exact) mass is 899 g/mol. The molecule has 1 amide bonds. The van der Waals surface area contributed by atoms with Crippen LogP contribution in [0.5, 0.6) is 17.2 Å². The van der Waals surface area contributed by atoms with Crippen LogP contribution >= 0.6 is 0 Å². The van der Waals surface area contributed by atoms with E-state index in [1.54, 1.807) is 17.7 Å². The molecule has 12 atom stereocenters. The fourth-order valence-electron chi connectivity index (χ4n) is 11.6. The van der Waals surface area contributed by atoms with Crippen LogP contribution in [0.3, 0.4) is 0 Å². The van der Waals surface area contributed by atoms with Gasteiger partial charge in [-0.3, -0.25) is 9.59 Å². The second-order valence-corrected chi connectivity index (χ2v) is 19.9. The van der Waals surface area contributed by atoms with Gasteiger partial charge < -0.3 is 54.5 Å². The van der Waals surface area contributed by atoms with Crippen molar-refractivity contribution >= 4 is 29.4 Å². The van der Waals surface area contributed by atoms with Crippen LogP contribution < -0.4 is 19.5 Å². The molecule has 1 spiro atoms. The van der Waals surface area contributed by atoms with Crippen LogP contribution in [0.25, 0.3) is 6.08 Å². The summed E-state index contributed by atoms with van der Waals surface area (Å²) in [4.78, 5) is 38.7. The van der Waals surface area contributed by atoms with Gasteiger partial charge in [-0.1, -0.05) is 29.4 Å². The van der Waals surface area contributed by atoms with E-state index in [1.807, 2.05) is 60.6 Å². The summed E-state index contributed by atoms with van der Waals surface area (Å²) >= 11 is 0. The van der Waals surface area contributed by atoms with Gasteiger partial charge in [0.1, 0.15) is 53.6 Å². The van der Waals surface area contributed by atoms with E-state index in [9.17, 15) is 30.3 Å². The molecule has 4 bridgehead atoms. The summed E-state index contributed by atoms with van der Waals surface area (Å²) in [6, 6.07) is -0.622. The van der Waals surface area contributed by atoms with Crippen molar-refractivity contribution in [1.82, 2.24) is 20.1 Å². The van der Waals surface area contributed by atoms with Crippen molar-refractivity contribution in [1.29, 1.82) is 0 Å². The lowest BCUT2D eigenvalue weighted by Crippen LogP contribution is -2.79. The van der Waals surface area contributed by atoms with Crippen molar-refractivity contribution in [3.63, 3.8) is 0 Å². The molecule has 2 aromatic rings. The Kier molecular flexibility index (Phi) is 11.3. The molecule has 6 N–H and O–H groups in total. The van der Waals surface area contributed by atoms with E-state index >= 15 is 4.79 Å². The SMILES string of the molecule is CC(C)=CCCC1(C)C=Cc2c(c(CC=C(C)C)c3c(c2O[C@@H]2O[C@H](CO)[C@@H](O)[C@H](O)[C@H]2O)C2=Nc4ncnn4C4C5CC6C(C)(C)OC(CC=C(C)C(=O)NCCO)(C5=O)C6(O3)C24)O1. The van der Waals surface area contributed by atoms with Gasteiger partial charge in [0.2, 0.25) is 18.1 Å². The first-order valence-electron chi connectivity index (χ1n) is 22.7. The maximum absolute atomic E-state index is 15.6. The van der Waals surface area contributed by atoms with E-state index in [0.29, 0.717) is 58.7 Å². The minimum atomic E-state index is -1.76. The lowest BCUT2D eigenvalue weighted by molar-refractivity contribution is -0.277. The van der Waals surface area contributed by atoms with E-state index in [2.05, 4.69) is 27.6 Å². The zero-order chi connectivity index (χ0) is 46.5. The Bertz CT molecular complexity index is 2450. The van der Waals surface area contributed by atoms with E-state index in [1.165, 1.54) is 11.9 Å². The minimum Gasteiger partial charge on any atom is -0.482 e. The van der Waals surface area contributed by atoms with E-state index in [0.717, 1.165) is 12.0 Å². The van der Waals surface area contributed by atoms with Crippen LogP contribution in [0.2, 0.25) is 0 Å². The summed E-state index contributed by atoms with van der Waals surface area (Å²) in [5, 5.41) is 60.2. The van der Waals surface area contributed by atoms with Gasteiger partial charge in [0.15, 0.2) is 17.0 Å². The molecule has 5 fully saturated rings. The van der Waals surface area contributed by atoms with Crippen LogP contribution in [0.15, 0.2) is 52.3 Å². The Balaban J connectivity index is 1.33. The Labute approximate surface area is 377 Å². The fourth-order valence-corrected chi connectivity index (χ4v) is 11.6. The molecule has 6 heterocycles.